The largest absolute Gasteiger partial charge is 0.383 e. The number of nitrogen functional groups attached to an aromatic ring is 1. The van der Waals surface area contributed by atoms with Gasteiger partial charge < -0.3 is 20.1 Å². The number of hydrogen-bond donors (Lipinski definition) is 1. The molecule has 1 atom stereocenters. The van der Waals surface area contributed by atoms with E-state index >= 15 is 0 Å². The van der Waals surface area contributed by atoms with Crippen LogP contribution in [0.25, 0.3) is 10.9 Å². The molecule has 5 heterocycles. The van der Waals surface area contributed by atoms with Crippen molar-refractivity contribution in [2.75, 3.05) is 25.5 Å². The number of rotatable bonds is 3. The maximum absolute atomic E-state index is 13.5. The number of fused-ring (bicyclic) bond motifs is 3. The lowest BCUT2D eigenvalue weighted by molar-refractivity contribution is -0.00309. The summed E-state index contributed by atoms with van der Waals surface area (Å²) in [5.74, 6) is 0.951. The Morgan fingerprint density at radius 1 is 1.10 bits per heavy atom. The summed E-state index contributed by atoms with van der Waals surface area (Å²) in [6.45, 7) is 2.38. The van der Waals surface area contributed by atoms with Gasteiger partial charge in [-0.05, 0) is 36.1 Å². The number of hydrogen-bond acceptors (Lipinski definition) is 7. The first-order chi connectivity index (χ1) is 15.2. The number of aromatic nitrogens is 3. The molecule has 0 radical (unpaired) electrons. The van der Waals surface area contributed by atoms with E-state index in [2.05, 4.69) is 27.1 Å². The summed E-state index contributed by atoms with van der Waals surface area (Å²) in [7, 11) is 0. The molecule has 8 nitrogen and oxygen atoms in total. The minimum atomic E-state index is -0.182. The van der Waals surface area contributed by atoms with Crippen molar-refractivity contribution in [3.8, 4) is 0 Å². The molecule has 158 valence electrons. The Hall–Kier alpha value is -3.10. The molecule has 31 heavy (non-hydrogen) atoms. The number of ether oxygens (including phenoxy) is 2. The van der Waals surface area contributed by atoms with Gasteiger partial charge in [0.1, 0.15) is 11.5 Å². The van der Waals surface area contributed by atoms with Gasteiger partial charge in [0, 0.05) is 35.3 Å². The highest BCUT2D eigenvalue weighted by atomic mass is 16.5. The molecule has 0 aromatic carbocycles. The third-order valence-corrected chi connectivity index (χ3v) is 6.41. The Balaban J connectivity index is 1.34. The van der Waals surface area contributed by atoms with Crippen LogP contribution in [0.3, 0.4) is 0 Å². The highest BCUT2D eigenvalue weighted by molar-refractivity contribution is 5.97. The average Bonchev–Trinajstić information content (AvgIpc) is 3.54. The minimum absolute atomic E-state index is 0.119. The van der Waals surface area contributed by atoms with Crippen LogP contribution in [-0.4, -0.2) is 45.5 Å². The molecule has 3 aromatic heterocycles. The van der Waals surface area contributed by atoms with Crippen LogP contribution in [0.2, 0.25) is 0 Å². The second-order valence-electron chi connectivity index (χ2n) is 8.41. The van der Waals surface area contributed by atoms with Crippen LogP contribution in [0.4, 0.5) is 5.82 Å². The topological polar surface area (TPSA) is 103 Å². The maximum Gasteiger partial charge on any atom is 0.273 e. The molecule has 3 aromatic rings. The number of morpholine rings is 1. The molecule has 8 heteroatoms. The standard InChI is InChI=1S/C23H23N5O3/c24-22-17-11-31-10-16(17)15-7-19(26-9-20(15)27-22)23(29)28-5-6-30-12-21(28)14-3-4-18(25-8-14)13-1-2-13/h3-4,7-9,13,21H,1-2,5-6,10-12H2,(H2,24,27)/t21-/m1/s1. The normalized spacial score (nSPS) is 20.8. The van der Waals surface area contributed by atoms with E-state index in [9.17, 15) is 4.79 Å². The first-order valence-electron chi connectivity index (χ1n) is 10.7. The molecule has 1 aliphatic carbocycles. The molecule has 6 rings (SSSR count). The van der Waals surface area contributed by atoms with Crippen LogP contribution in [0, 0.1) is 0 Å². The molecule has 0 unspecified atom stereocenters. The van der Waals surface area contributed by atoms with Crippen molar-refractivity contribution in [1.29, 1.82) is 0 Å². The highest BCUT2D eigenvalue weighted by Crippen LogP contribution is 2.39. The SMILES string of the molecule is Nc1nc2cnc(C(=O)N3CCOC[C@@H]3c3ccc(C4CC4)nc3)cc2c2c1COC2. The lowest BCUT2D eigenvalue weighted by atomic mass is 10.0. The van der Waals surface area contributed by atoms with E-state index in [4.69, 9.17) is 15.2 Å². The lowest BCUT2D eigenvalue weighted by Crippen LogP contribution is -2.43. The minimum Gasteiger partial charge on any atom is -0.383 e. The quantitative estimate of drug-likeness (QED) is 0.699. The Bertz CT molecular complexity index is 1180. The van der Waals surface area contributed by atoms with Gasteiger partial charge in [-0.1, -0.05) is 6.07 Å². The zero-order chi connectivity index (χ0) is 20.9. The van der Waals surface area contributed by atoms with Gasteiger partial charge in [0.25, 0.3) is 5.91 Å². The molecular weight excluding hydrogens is 394 g/mol. The fourth-order valence-corrected chi connectivity index (χ4v) is 4.50. The molecule has 3 aliphatic rings. The van der Waals surface area contributed by atoms with Crippen LogP contribution in [0.5, 0.6) is 0 Å². The Labute approximate surface area is 179 Å². The molecule has 2 aliphatic heterocycles. The number of amides is 1. The van der Waals surface area contributed by atoms with Gasteiger partial charge in [-0.15, -0.1) is 0 Å². The number of carbonyl (C=O) groups is 1. The molecule has 1 amide bonds. The second kappa shape index (κ2) is 7.25. The Morgan fingerprint density at radius 3 is 2.77 bits per heavy atom. The van der Waals surface area contributed by atoms with Gasteiger partial charge in [0.15, 0.2) is 0 Å². The third-order valence-electron chi connectivity index (χ3n) is 6.41. The zero-order valence-electron chi connectivity index (χ0n) is 17.1. The number of carbonyl (C=O) groups excluding carboxylic acids is 1. The number of nitrogens with two attached hydrogens (primary N) is 1. The summed E-state index contributed by atoms with van der Waals surface area (Å²) < 4.78 is 11.3. The van der Waals surface area contributed by atoms with Gasteiger partial charge in [-0.3, -0.25) is 9.78 Å². The van der Waals surface area contributed by atoms with Crippen LogP contribution in [-0.2, 0) is 22.7 Å². The van der Waals surface area contributed by atoms with E-state index in [-0.39, 0.29) is 11.9 Å². The van der Waals surface area contributed by atoms with Crippen molar-refractivity contribution in [2.45, 2.75) is 38.0 Å². The van der Waals surface area contributed by atoms with Crippen molar-refractivity contribution in [2.24, 2.45) is 0 Å². The zero-order valence-corrected chi connectivity index (χ0v) is 17.1. The maximum atomic E-state index is 13.5. The van der Waals surface area contributed by atoms with Gasteiger partial charge in [0.2, 0.25) is 0 Å². The Morgan fingerprint density at radius 2 is 1.97 bits per heavy atom. The molecule has 2 N–H and O–H groups in total. The fraction of sp³-hybridized carbons (Fsp3) is 0.391. The van der Waals surface area contributed by atoms with E-state index in [1.54, 1.807) is 6.20 Å². The van der Waals surface area contributed by atoms with E-state index in [1.807, 2.05) is 17.2 Å². The third kappa shape index (κ3) is 3.23. The number of anilines is 1. The summed E-state index contributed by atoms with van der Waals surface area (Å²) in [6, 6.07) is 5.79. The molecule has 2 fully saturated rings. The predicted octanol–water partition coefficient (Wildman–Crippen LogP) is 2.73. The van der Waals surface area contributed by atoms with E-state index in [0.717, 1.165) is 27.8 Å². The molecule has 0 spiro atoms. The molecule has 0 bridgehead atoms. The Kier molecular flexibility index (Phi) is 4.36. The van der Waals surface area contributed by atoms with E-state index < -0.39 is 0 Å². The van der Waals surface area contributed by atoms with Crippen molar-refractivity contribution in [1.82, 2.24) is 19.9 Å². The van der Waals surface area contributed by atoms with Gasteiger partial charge >= 0.3 is 0 Å². The second-order valence-corrected chi connectivity index (χ2v) is 8.41. The smallest absolute Gasteiger partial charge is 0.273 e. The van der Waals surface area contributed by atoms with Gasteiger partial charge in [0.05, 0.1) is 44.2 Å². The summed E-state index contributed by atoms with van der Waals surface area (Å²) in [5.41, 5.74) is 11.2. The summed E-state index contributed by atoms with van der Waals surface area (Å²) in [5, 5.41) is 0.875. The lowest BCUT2D eigenvalue weighted by Gasteiger charge is -2.35. The van der Waals surface area contributed by atoms with Crippen LogP contribution in [0.1, 0.15) is 57.7 Å². The number of pyridine rings is 3. The van der Waals surface area contributed by atoms with Crippen LogP contribution >= 0.6 is 0 Å². The number of nitrogens with zero attached hydrogens (tertiary/aromatic N) is 4. The van der Waals surface area contributed by atoms with Crippen LogP contribution < -0.4 is 5.73 Å². The van der Waals surface area contributed by atoms with Crippen LogP contribution in [0.15, 0.2) is 30.6 Å². The van der Waals surface area contributed by atoms with Gasteiger partial charge in [-0.25, -0.2) is 9.97 Å². The monoisotopic (exact) mass is 417 g/mol. The van der Waals surface area contributed by atoms with Crippen molar-refractivity contribution >= 4 is 22.6 Å². The summed E-state index contributed by atoms with van der Waals surface area (Å²) >= 11 is 0. The molecule has 1 saturated carbocycles. The first kappa shape index (κ1) is 18.7. The summed E-state index contributed by atoms with van der Waals surface area (Å²) in [4.78, 5) is 28.8. The fourth-order valence-electron chi connectivity index (χ4n) is 4.50. The van der Waals surface area contributed by atoms with E-state index in [1.165, 1.54) is 12.8 Å². The predicted molar refractivity (Wildman–Crippen MR) is 113 cm³/mol. The van der Waals surface area contributed by atoms with E-state index in [0.29, 0.717) is 55.9 Å². The first-order valence-corrected chi connectivity index (χ1v) is 10.7. The van der Waals surface area contributed by atoms with Crippen molar-refractivity contribution in [3.05, 3.63) is 58.7 Å². The summed E-state index contributed by atoms with van der Waals surface area (Å²) in [6.07, 6.45) is 5.94. The van der Waals surface area contributed by atoms with Gasteiger partial charge in [-0.2, -0.15) is 0 Å². The molecular formula is C23H23N5O3. The highest BCUT2D eigenvalue weighted by Gasteiger charge is 2.32. The van der Waals surface area contributed by atoms with Crippen molar-refractivity contribution < 1.29 is 14.3 Å². The van der Waals surface area contributed by atoms with Crippen molar-refractivity contribution in [3.63, 3.8) is 0 Å². The molecule has 1 saturated heterocycles. The average molecular weight is 417 g/mol.